The molecule has 5 heteroatoms. The molecule has 0 radical (unpaired) electrons. The zero-order valence-corrected chi connectivity index (χ0v) is 12.7. The van der Waals surface area contributed by atoms with Crippen molar-refractivity contribution in [1.82, 2.24) is 10.3 Å². The third-order valence-electron chi connectivity index (χ3n) is 2.90. The molecule has 1 heterocycles. The van der Waals surface area contributed by atoms with Gasteiger partial charge in [-0.3, -0.25) is 4.79 Å². The Kier molecular flexibility index (Phi) is 5.26. The smallest absolute Gasteiger partial charge is 0.270 e. The normalized spacial score (nSPS) is 10.8. The zero-order chi connectivity index (χ0) is 14.4. The first-order chi connectivity index (χ1) is 9.66. The summed E-state index contributed by atoms with van der Waals surface area (Å²) in [5.41, 5.74) is 1.55. The van der Waals surface area contributed by atoms with Crippen LogP contribution < -0.4 is 10.2 Å². The Labute approximate surface area is 123 Å². The fraction of sp³-hybridized carbons (Fsp3) is 0.333. The number of nitrogens with zero attached hydrogens (tertiary/aromatic N) is 1. The summed E-state index contributed by atoms with van der Waals surface area (Å²) in [7, 11) is 4.21. The minimum Gasteiger partial charge on any atom is -0.350 e. The van der Waals surface area contributed by atoms with E-state index in [1.807, 2.05) is 35.7 Å². The van der Waals surface area contributed by atoms with Gasteiger partial charge in [0.1, 0.15) is 10.7 Å². The molecular weight excluding hydrogens is 270 g/mol. The van der Waals surface area contributed by atoms with Crippen molar-refractivity contribution in [3.8, 4) is 10.6 Å². The molecule has 0 saturated heterocycles. The molecule has 0 unspecified atom stereocenters. The minimum absolute atomic E-state index is 0.0859. The fourth-order valence-corrected chi connectivity index (χ4v) is 2.63. The molecule has 2 aromatic rings. The maximum atomic E-state index is 12.0. The van der Waals surface area contributed by atoms with Crippen molar-refractivity contribution in [2.75, 3.05) is 27.2 Å². The number of amides is 1. The number of rotatable bonds is 6. The Hall–Kier alpha value is -1.72. The van der Waals surface area contributed by atoms with Crippen LogP contribution in [0.3, 0.4) is 0 Å². The van der Waals surface area contributed by atoms with Gasteiger partial charge in [-0.15, -0.1) is 11.3 Å². The van der Waals surface area contributed by atoms with Gasteiger partial charge in [0.15, 0.2) is 0 Å². The van der Waals surface area contributed by atoms with Crippen LogP contribution in [-0.2, 0) is 0 Å². The van der Waals surface area contributed by atoms with Crippen molar-refractivity contribution in [1.29, 1.82) is 0 Å². The summed E-state index contributed by atoms with van der Waals surface area (Å²) in [6, 6.07) is 9.92. The van der Waals surface area contributed by atoms with Gasteiger partial charge < -0.3 is 10.2 Å². The van der Waals surface area contributed by atoms with E-state index in [1.54, 1.807) is 0 Å². The first-order valence-corrected chi connectivity index (χ1v) is 7.63. The lowest BCUT2D eigenvalue weighted by molar-refractivity contribution is -0.858. The fourth-order valence-electron chi connectivity index (χ4n) is 1.83. The van der Waals surface area contributed by atoms with E-state index in [0.717, 1.165) is 23.5 Å². The van der Waals surface area contributed by atoms with E-state index in [0.29, 0.717) is 12.2 Å². The van der Waals surface area contributed by atoms with Gasteiger partial charge in [0, 0.05) is 23.9 Å². The average molecular weight is 290 g/mol. The Morgan fingerprint density at radius 2 is 2.05 bits per heavy atom. The number of carbonyl (C=O) groups excluding carboxylic acids is 1. The molecule has 1 amide bonds. The van der Waals surface area contributed by atoms with Crippen LogP contribution in [0.15, 0.2) is 35.7 Å². The largest absolute Gasteiger partial charge is 0.350 e. The molecule has 0 saturated carbocycles. The van der Waals surface area contributed by atoms with Crippen molar-refractivity contribution in [3.05, 3.63) is 41.4 Å². The third kappa shape index (κ3) is 4.15. The number of hydrogen-bond donors (Lipinski definition) is 2. The van der Waals surface area contributed by atoms with E-state index in [4.69, 9.17) is 0 Å². The van der Waals surface area contributed by atoms with Crippen LogP contribution in [0.2, 0.25) is 0 Å². The maximum Gasteiger partial charge on any atom is 0.270 e. The van der Waals surface area contributed by atoms with E-state index in [-0.39, 0.29) is 5.91 Å². The summed E-state index contributed by atoms with van der Waals surface area (Å²) in [6.45, 7) is 1.74. The minimum atomic E-state index is -0.0859. The van der Waals surface area contributed by atoms with Crippen LogP contribution in [0.4, 0.5) is 0 Å². The molecule has 0 aliphatic carbocycles. The Bertz CT molecular complexity index is 551. The predicted molar refractivity (Wildman–Crippen MR) is 82.2 cm³/mol. The van der Waals surface area contributed by atoms with Crippen LogP contribution in [0, 0.1) is 0 Å². The molecule has 2 rings (SSSR count). The summed E-state index contributed by atoms with van der Waals surface area (Å²) in [5, 5.41) is 5.61. The summed E-state index contributed by atoms with van der Waals surface area (Å²) >= 11 is 1.50. The monoisotopic (exact) mass is 290 g/mol. The lowest BCUT2D eigenvalue weighted by atomic mass is 10.2. The molecule has 0 spiro atoms. The molecule has 0 aliphatic rings. The highest BCUT2D eigenvalue weighted by atomic mass is 32.1. The number of carbonyl (C=O) groups is 1. The van der Waals surface area contributed by atoms with Crippen LogP contribution in [0.1, 0.15) is 16.9 Å². The van der Waals surface area contributed by atoms with Crippen molar-refractivity contribution in [2.45, 2.75) is 6.42 Å². The van der Waals surface area contributed by atoms with Gasteiger partial charge in [0.05, 0.1) is 20.6 Å². The second kappa shape index (κ2) is 7.17. The topological polar surface area (TPSA) is 46.4 Å². The molecule has 0 fully saturated rings. The van der Waals surface area contributed by atoms with Gasteiger partial charge in [-0.05, 0) is 0 Å². The van der Waals surface area contributed by atoms with E-state index in [9.17, 15) is 4.79 Å². The Morgan fingerprint density at radius 1 is 1.30 bits per heavy atom. The predicted octanol–water partition coefficient (Wildman–Crippen LogP) is 1.07. The van der Waals surface area contributed by atoms with Crippen molar-refractivity contribution in [3.63, 3.8) is 0 Å². The molecule has 2 N–H and O–H groups in total. The number of thiazole rings is 1. The summed E-state index contributed by atoms with van der Waals surface area (Å²) in [6.07, 6.45) is 0.976. The van der Waals surface area contributed by atoms with E-state index < -0.39 is 0 Å². The number of hydrogen-bond acceptors (Lipinski definition) is 3. The second-order valence-corrected chi connectivity index (χ2v) is 5.83. The number of aromatic nitrogens is 1. The molecule has 0 bridgehead atoms. The van der Waals surface area contributed by atoms with E-state index in [1.165, 1.54) is 16.2 Å². The van der Waals surface area contributed by atoms with Gasteiger partial charge in [-0.2, -0.15) is 0 Å². The molecule has 0 aliphatic heterocycles. The SMILES string of the molecule is C[NH+](C)CCCNC(=O)c1csc(-c2ccccc2)n1. The zero-order valence-electron chi connectivity index (χ0n) is 11.8. The summed E-state index contributed by atoms with van der Waals surface area (Å²) in [4.78, 5) is 17.7. The highest BCUT2D eigenvalue weighted by molar-refractivity contribution is 7.13. The highest BCUT2D eigenvalue weighted by Crippen LogP contribution is 2.23. The maximum absolute atomic E-state index is 12.0. The third-order valence-corrected chi connectivity index (χ3v) is 3.79. The van der Waals surface area contributed by atoms with E-state index in [2.05, 4.69) is 24.4 Å². The lowest BCUT2D eigenvalue weighted by Crippen LogP contribution is -3.05. The van der Waals surface area contributed by atoms with Crippen LogP contribution >= 0.6 is 11.3 Å². The number of quaternary nitrogens is 1. The first-order valence-electron chi connectivity index (χ1n) is 6.75. The molecule has 1 aromatic heterocycles. The molecule has 0 atom stereocenters. The van der Waals surface area contributed by atoms with Crippen molar-refractivity contribution >= 4 is 17.2 Å². The quantitative estimate of drug-likeness (QED) is 0.782. The van der Waals surface area contributed by atoms with Gasteiger partial charge >= 0.3 is 0 Å². The second-order valence-electron chi connectivity index (χ2n) is 4.97. The first kappa shape index (κ1) is 14.7. The highest BCUT2D eigenvalue weighted by Gasteiger charge is 2.11. The summed E-state index contributed by atoms with van der Waals surface area (Å²) < 4.78 is 0. The number of nitrogens with one attached hydrogen (secondary N) is 2. The Balaban J connectivity index is 1.90. The van der Waals surface area contributed by atoms with Crippen molar-refractivity contribution in [2.24, 2.45) is 0 Å². The van der Waals surface area contributed by atoms with Crippen LogP contribution in [-0.4, -0.2) is 38.1 Å². The molecular formula is C15H20N3OS+. The lowest BCUT2D eigenvalue weighted by Gasteiger charge is -2.07. The van der Waals surface area contributed by atoms with Crippen molar-refractivity contribution < 1.29 is 9.69 Å². The number of benzene rings is 1. The molecule has 106 valence electrons. The Morgan fingerprint density at radius 3 is 2.75 bits per heavy atom. The van der Waals surface area contributed by atoms with Gasteiger partial charge in [-0.25, -0.2) is 4.98 Å². The molecule has 4 nitrogen and oxygen atoms in total. The summed E-state index contributed by atoms with van der Waals surface area (Å²) in [5.74, 6) is -0.0859. The standard InChI is InChI=1S/C15H19N3OS/c1-18(2)10-6-9-16-14(19)13-11-20-15(17-13)12-7-4-3-5-8-12/h3-5,7-8,11H,6,9-10H2,1-2H3,(H,16,19)/p+1. The van der Waals surface area contributed by atoms with Crippen LogP contribution in [0.5, 0.6) is 0 Å². The van der Waals surface area contributed by atoms with Gasteiger partial charge in [-0.1, -0.05) is 30.3 Å². The van der Waals surface area contributed by atoms with Gasteiger partial charge in [0.25, 0.3) is 5.91 Å². The van der Waals surface area contributed by atoms with Gasteiger partial charge in [0.2, 0.25) is 0 Å². The molecule has 1 aromatic carbocycles. The van der Waals surface area contributed by atoms with Crippen LogP contribution in [0.25, 0.3) is 10.6 Å². The molecule has 20 heavy (non-hydrogen) atoms. The van der Waals surface area contributed by atoms with E-state index >= 15 is 0 Å². The average Bonchev–Trinajstić information content (AvgIpc) is 2.94.